The summed E-state index contributed by atoms with van der Waals surface area (Å²) in [6.07, 6.45) is 2.47. The Labute approximate surface area is 108 Å². The van der Waals surface area contributed by atoms with Crippen LogP contribution in [0.4, 0.5) is 0 Å². The predicted octanol–water partition coefficient (Wildman–Crippen LogP) is 2.48. The first kappa shape index (κ1) is 11.8. The van der Waals surface area contributed by atoms with Gasteiger partial charge in [0, 0.05) is 22.6 Å². The van der Waals surface area contributed by atoms with Crippen LogP contribution in [0.15, 0.2) is 24.3 Å². The zero-order valence-corrected chi connectivity index (χ0v) is 10.9. The predicted molar refractivity (Wildman–Crippen MR) is 75.6 cm³/mol. The van der Waals surface area contributed by atoms with Crippen LogP contribution in [0.1, 0.15) is 30.1 Å². The van der Waals surface area contributed by atoms with E-state index in [-0.39, 0.29) is 6.04 Å². The fourth-order valence-electron chi connectivity index (χ4n) is 3.15. The number of nitrogens with two attached hydrogens (primary N) is 1. The molecule has 2 atom stereocenters. The van der Waals surface area contributed by atoms with Crippen molar-refractivity contribution < 1.29 is 0 Å². The molecule has 0 bridgehead atoms. The molecule has 2 aromatic rings. The largest absolute Gasteiger partial charge is 0.358 e. The van der Waals surface area contributed by atoms with Crippen LogP contribution in [0.5, 0.6) is 0 Å². The summed E-state index contributed by atoms with van der Waals surface area (Å²) in [5, 5.41) is 4.74. The number of aromatic nitrogens is 1. The maximum absolute atomic E-state index is 6.52. The maximum Gasteiger partial charge on any atom is 0.0459 e. The Bertz CT molecular complexity index is 538. The van der Waals surface area contributed by atoms with Crippen LogP contribution in [-0.2, 0) is 0 Å². The maximum atomic E-state index is 6.52. The van der Waals surface area contributed by atoms with Crippen molar-refractivity contribution in [2.24, 2.45) is 11.7 Å². The Kier molecular flexibility index (Phi) is 3.10. The van der Waals surface area contributed by atoms with Crippen LogP contribution in [0.3, 0.4) is 0 Å². The molecule has 96 valence electrons. The van der Waals surface area contributed by atoms with Gasteiger partial charge in [0.2, 0.25) is 0 Å². The monoisotopic (exact) mass is 243 g/mol. The van der Waals surface area contributed by atoms with Crippen molar-refractivity contribution in [3.05, 3.63) is 35.5 Å². The lowest BCUT2D eigenvalue weighted by molar-refractivity contribution is 0.327. The quantitative estimate of drug-likeness (QED) is 0.759. The van der Waals surface area contributed by atoms with Gasteiger partial charge in [-0.1, -0.05) is 18.2 Å². The lowest BCUT2D eigenvalue weighted by Crippen LogP contribution is -2.36. The van der Waals surface area contributed by atoms with Crippen LogP contribution in [0, 0.1) is 12.8 Å². The Morgan fingerprint density at radius 3 is 2.94 bits per heavy atom. The fraction of sp³-hybridized carbons (Fsp3) is 0.467. The molecule has 1 aliphatic rings. The van der Waals surface area contributed by atoms with E-state index in [2.05, 4.69) is 41.5 Å². The number of H-pyrrole nitrogens is 1. The molecule has 1 fully saturated rings. The van der Waals surface area contributed by atoms with Gasteiger partial charge in [-0.3, -0.25) is 0 Å². The summed E-state index contributed by atoms with van der Waals surface area (Å²) in [6.45, 7) is 4.31. The number of aryl methyl sites for hydroxylation is 1. The van der Waals surface area contributed by atoms with E-state index < -0.39 is 0 Å². The van der Waals surface area contributed by atoms with Gasteiger partial charge in [-0.05, 0) is 50.4 Å². The third kappa shape index (κ3) is 1.93. The van der Waals surface area contributed by atoms with Gasteiger partial charge in [-0.15, -0.1) is 0 Å². The summed E-state index contributed by atoms with van der Waals surface area (Å²) in [5.74, 6) is 0.552. The molecule has 1 aromatic heterocycles. The van der Waals surface area contributed by atoms with Gasteiger partial charge < -0.3 is 16.0 Å². The van der Waals surface area contributed by atoms with Gasteiger partial charge in [0.15, 0.2) is 0 Å². The van der Waals surface area contributed by atoms with E-state index in [1.165, 1.54) is 35.0 Å². The lowest BCUT2D eigenvalue weighted by Gasteiger charge is -2.28. The number of fused-ring (bicyclic) bond motifs is 1. The second kappa shape index (κ2) is 4.75. The third-order valence-corrected chi connectivity index (χ3v) is 4.12. The summed E-state index contributed by atoms with van der Waals surface area (Å²) in [5.41, 5.74) is 10.2. The highest BCUT2D eigenvalue weighted by molar-refractivity contribution is 5.85. The average Bonchev–Trinajstić information content (AvgIpc) is 2.75. The van der Waals surface area contributed by atoms with Gasteiger partial charge in [-0.25, -0.2) is 0 Å². The molecule has 3 nitrogen and oxygen atoms in total. The van der Waals surface area contributed by atoms with Crippen molar-refractivity contribution >= 4 is 10.9 Å². The number of aromatic amines is 1. The number of piperidine rings is 1. The zero-order valence-electron chi connectivity index (χ0n) is 10.9. The molecule has 0 aliphatic carbocycles. The minimum atomic E-state index is 0.133. The lowest BCUT2D eigenvalue weighted by atomic mass is 9.86. The third-order valence-electron chi connectivity index (χ3n) is 4.12. The number of hydrogen-bond donors (Lipinski definition) is 3. The molecular weight excluding hydrogens is 222 g/mol. The van der Waals surface area contributed by atoms with Crippen molar-refractivity contribution in [1.82, 2.24) is 10.3 Å². The second-order valence-corrected chi connectivity index (χ2v) is 5.34. The van der Waals surface area contributed by atoms with E-state index in [4.69, 9.17) is 5.73 Å². The van der Waals surface area contributed by atoms with E-state index >= 15 is 0 Å². The van der Waals surface area contributed by atoms with Crippen molar-refractivity contribution in [1.29, 1.82) is 0 Å². The normalized spacial score (nSPS) is 22.2. The standard InChI is InChI=1S/C15H21N3/c1-10-14(12-6-2-3-7-13(12)18-10)15(16)11-5-4-8-17-9-11/h2-3,6-7,11,15,17-18H,4-5,8-9,16H2,1H3. The van der Waals surface area contributed by atoms with Crippen LogP contribution < -0.4 is 11.1 Å². The number of hydrogen-bond acceptors (Lipinski definition) is 2. The smallest absolute Gasteiger partial charge is 0.0459 e. The zero-order chi connectivity index (χ0) is 12.5. The summed E-state index contributed by atoms with van der Waals surface area (Å²) >= 11 is 0. The average molecular weight is 243 g/mol. The van der Waals surface area contributed by atoms with E-state index in [1.54, 1.807) is 0 Å². The van der Waals surface area contributed by atoms with Gasteiger partial charge in [0.25, 0.3) is 0 Å². The SMILES string of the molecule is Cc1[nH]c2ccccc2c1C(N)C1CCCNC1. The second-order valence-electron chi connectivity index (χ2n) is 5.34. The molecule has 1 aromatic carbocycles. The number of rotatable bonds is 2. The Morgan fingerprint density at radius 1 is 1.33 bits per heavy atom. The summed E-state index contributed by atoms with van der Waals surface area (Å²) < 4.78 is 0. The number of para-hydroxylation sites is 1. The molecule has 4 N–H and O–H groups in total. The molecule has 2 heterocycles. The van der Waals surface area contributed by atoms with E-state index in [0.717, 1.165) is 13.1 Å². The molecule has 18 heavy (non-hydrogen) atoms. The molecular formula is C15H21N3. The Balaban J connectivity index is 1.99. The van der Waals surface area contributed by atoms with Gasteiger partial charge in [0.1, 0.15) is 0 Å². The van der Waals surface area contributed by atoms with Crippen LogP contribution in [-0.4, -0.2) is 18.1 Å². The first-order chi connectivity index (χ1) is 8.77. The molecule has 1 aliphatic heterocycles. The van der Waals surface area contributed by atoms with Crippen LogP contribution in [0.25, 0.3) is 10.9 Å². The Hall–Kier alpha value is -1.32. The summed E-state index contributed by atoms with van der Waals surface area (Å²) in [6, 6.07) is 8.58. The van der Waals surface area contributed by atoms with Crippen LogP contribution in [0.2, 0.25) is 0 Å². The van der Waals surface area contributed by atoms with Gasteiger partial charge in [0.05, 0.1) is 0 Å². The van der Waals surface area contributed by atoms with Crippen molar-refractivity contribution in [3.63, 3.8) is 0 Å². The molecule has 3 heteroatoms. The minimum absolute atomic E-state index is 0.133. The first-order valence-corrected chi connectivity index (χ1v) is 6.81. The van der Waals surface area contributed by atoms with Crippen molar-refractivity contribution in [2.75, 3.05) is 13.1 Å². The first-order valence-electron chi connectivity index (χ1n) is 6.81. The number of nitrogens with one attached hydrogen (secondary N) is 2. The molecule has 0 amide bonds. The molecule has 2 unspecified atom stereocenters. The molecule has 0 saturated carbocycles. The topological polar surface area (TPSA) is 53.8 Å². The fourth-order valence-corrected chi connectivity index (χ4v) is 3.15. The molecule has 1 saturated heterocycles. The van der Waals surface area contributed by atoms with Gasteiger partial charge >= 0.3 is 0 Å². The molecule has 3 rings (SSSR count). The molecule has 0 spiro atoms. The summed E-state index contributed by atoms with van der Waals surface area (Å²) in [4.78, 5) is 3.45. The summed E-state index contributed by atoms with van der Waals surface area (Å²) in [7, 11) is 0. The number of benzene rings is 1. The molecule has 0 radical (unpaired) electrons. The van der Waals surface area contributed by atoms with E-state index in [9.17, 15) is 0 Å². The van der Waals surface area contributed by atoms with E-state index in [0.29, 0.717) is 5.92 Å². The van der Waals surface area contributed by atoms with Crippen LogP contribution >= 0.6 is 0 Å². The highest BCUT2D eigenvalue weighted by atomic mass is 14.9. The van der Waals surface area contributed by atoms with Crippen molar-refractivity contribution in [3.8, 4) is 0 Å². The Morgan fingerprint density at radius 2 is 2.17 bits per heavy atom. The van der Waals surface area contributed by atoms with Crippen molar-refractivity contribution in [2.45, 2.75) is 25.8 Å². The minimum Gasteiger partial charge on any atom is -0.358 e. The van der Waals surface area contributed by atoms with E-state index in [1.807, 2.05) is 0 Å². The highest BCUT2D eigenvalue weighted by Gasteiger charge is 2.25. The van der Waals surface area contributed by atoms with Gasteiger partial charge in [-0.2, -0.15) is 0 Å². The highest BCUT2D eigenvalue weighted by Crippen LogP contribution is 2.32.